The van der Waals surface area contributed by atoms with Crippen molar-refractivity contribution in [2.24, 2.45) is 0 Å². The first-order valence-electron chi connectivity index (χ1n) is 12.3. The van der Waals surface area contributed by atoms with Gasteiger partial charge in [0.15, 0.2) is 5.82 Å². The van der Waals surface area contributed by atoms with Gasteiger partial charge in [-0.15, -0.1) is 0 Å². The van der Waals surface area contributed by atoms with Crippen molar-refractivity contribution >= 4 is 29.0 Å². The van der Waals surface area contributed by atoms with Crippen molar-refractivity contribution in [2.45, 2.75) is 6.92 Å². The Morgan fingerprint density at radius 1 is 1.34 bits per heavy atom. The lowest BCUT2D eigenvalue weighted by molar-refractivity contribution is -0.108. The lowest BCUT2D eigenvalue weighted by Crippen LogP contribution is -2.45. The molecule has 1 aliphatic rings. The van der Waals surface area contributed by atoms with Crippen LogP contribution in [0.2, 0.25) is 0 Å². The molecule has 0 aliphatic carbocycles. The monoisotopic (exact) mass is 416 g/mol. The Morgan fingerprint density at radius 3 is 2.59 bits per heavy atom. The van der Waals surface area contributed by atoms with Crippen LogP contribution in [0.1, 0.15) is 28.2 Å². The van der Waals surface area contributed by atoms with Gasteiger partial charge in [0.2, 0.25) is 11.8 Å². The summed E-state index contributed by atoms with van der Waals surface area (Å²) < 4.78 is 103. The number of aromatic nitrogens is 1. The molecule has 1 fully saturated rings. The zero-order valence-electron chi connectivity index (χ0n) is 23.6. The Kier molecular flexibility index (Phi) is 3.52. The molecule has 0 saturated carbocycles. The number of hydrogen-bond donors (Lipinski definition) is 0. The van der Waals surface area contributed by atoms with Gasteiger partial charge in [-0.25, -0.2) is 13.6 Å². The highest BCUT2D eigenvalue weighted by molar-refractivity contribution is 5.95. The van der Waals surface area contributed by atoms with E-state index in [1.54, 1.807) is 0 Å². The number of anilines is 1. The van der Waals surface area contributed by atoms with Gasteiger partial charge in [0.1, 0.15) is 22.6 Å². The molecule has 1 saturated heterocycles. The minimum absolute atomic E-state index is 0.132. The van der Waals surface area contributed by atoms with Crippen LogP contribution < -0.4 is 15.3 Å². The third-order valence-corrected chi connectivity index (χ3v) is 4.01. The summed E-state index contributed by atoms with van der Waals surface area (Å²) in [5.74, 6) is -4.74. The van der Waals surface area contributed by atoms with Gasteiger partial charge in [0.25, 0.3) is 0 Å². The third kappa shape index (κ3) is 3.67. The largest absolute Gasteiger partial charge is 0.462 e. The first-order chi connectivity index (χ1) is 16.8. The number of ether oxygens (including phenoxy) is 1. The molecular formula is C19H22F2N4O4. The smallest absolute Gasteiger partial charge is 0.343 e. The number of benzene rings is 1. The predicted molar refractivity (Wildman–Crippen MR) is 104 cm³/mol. The summed E-state index contributed by atoms with van der Waals surface area (Å²) in [5, 5.41) is -0.166. The van der Waals surface area contributed by atoms with Gasteiger partial charge in [0.05, 0.1) is 17.5 Å². The van der Waals surface area contributed by atoms with E-state index in [9.17, 15) is 14.4 Å². The van der Waals surface area contributed by atoms with Crippen molar-refractivity contribution in [1.29, 1.82) is 0 Å². The third-order valence-electron chi connectivity index (χ3n) is 4.01. The summed E-state index contributed by atoms with van der Waals surface area (Å²) in [7, 11) is 1.84. The molecule has 2 aromatic rings. The van der Waals surface area contributed by atoms with Crippen molar-refractivity contribution in [1.82, 2.24) is 9.58 Å². The maximum atomic E-state index is 16.1. The number of amides is 1. The van der Waals surface area contributed by atoms with Crippen molar-refractivity contribution in [3.8, 4) is 0 Å². The van der Waals surface area contributed by atoms with Crippen molar-refractivity contribution in [3.63, 3.8) is 0 Å². The Balaban J connectivity index is 2.52. The lowest BCUT2D eigenvalue weighted by atomic mass is 10.1. The van der Waals surface area contributed by atoms with E-state index in [4.69, 9.17) is 15.7 Å². The number of carbonyl (C=O) groups excluding carboxylic acids is 2. The molecule has 0 unspecified atom stereocenters. The maximum absolute atomic E-state index is 16.1. The van der Waals surface area contributed by atoms with E-state index >= 15 is 8.78 Å². The molecule has 1 aromatic heterocycles. The molecule has 0 bridgehead atoms. The van der Waals surface area contributed by atoms with Gasteiger partial charge in [-0.05, 0) is 20.0 Å². The van der Waals surface area contributed by atoms with Crippen LogP contribution in [0, 0.1) is 11.6 Å². The number of nitrogens with zero attached hydrogens (tertiary/aromatic N) is 4. The Bertz CT molecular complexity index is 1330. The summed E-state index contributed by atoms with van der Waals surface area (Å²) in [5.41, 5.74) is -4.36. The Labute approximate surface area is 177 Å². The molecule has 1 aliphatic heterocycles. The quantitative estimate of drug-likeness (QED) is 0.533. The normalized spacial score (nSPS) is 25.9. The van der Waals surface area contributed by atoms with Crippen LogP contribution in [0.4, 0.5) is 14.5 Å². The van der Waals surface area contributed by atoms with Crippen LogP contribution in [-0.4, -0.2) is 68.6 Å². The highest BCUT2D eigenvalue weighted by Crippen LogP contribution is 2.30. The number of likely N-dealkylation sites (N-methyl/N-ethyl adjacent to an activating group) is 1. The van der Waals surface area contributed by atoms with Crippen LogP contribution in [-0.2, 0) is 9.53 Å². The first-order valence-corrected chi connectivity index (χ1v) is 8.29. The number of halogens is 2. The lowest BCUT2D eigenvalue weighted by Gasteiger charge is -2.34. The van der Waals surface area contributed by atoms with E-state index in [1.165, 1.54) is 6.92 Å². The average molecular weight is 416 g/mol. The molecule has 0 spiro atoms. The second-order valence-corrected chi connectivity index (χ2v) is 5.87. The minimum Gasteiger partial charge on any atom is -0.462 e. The average Bonchev–Trinajstić information content (AvgIpc) is 2.79. The summed E-state index contributed by atoms with van der Waals surface area (Å²) >= 11 is 0. The van der Waals surface area contributed by atoms with Gasteiger partial charge in [-0.1, -0.05) is 0 Å². The molecule has 29 heavy (non-hydrogen) atoms. The molecule has 1 amide bonds. The van der Waals surface area contributed by atoms with Gasteiger partial charge < -0.3 is 14.5 Å². The molecule has 0 atom stereocenters. The molecule has 8 nitrogen and oxygen atoms in total. The molecule has 0 radical (unpaired) electrons. The molecule has 2 heterocycles. The van der Waals surface area contributed by atoms with Gasteiger partial charge in [0, 0.05) is 44.7 Å². The highest BCUT2D eigenvalue weighted by Gasteiger charge is 2.27. The minimum atomic E-state index is -3.58. The van der Waals surface area contributed by atoms with Gasteiger partial charge in [-0.3, -0.25) is 19.3 Å². The second-order valence-electron chi connectivity index (χ2n) is 5.87. The van der Waals surface area contributed by atoms with E-state index in [1.807, 2.05) is 0 Å². The van der Waals surface area contributed by atoms with Crippen LogP contribution in [0.3, 0.4) is 0 Å². The van der Waals surface area contributed by atoms with Crippen LogP contribution >= 0.6 is 0 Å². The summed E-state index contributed by atoms with van der Waals surface area (Å²) in [6.45, 7) is -12.5. The molecule has 0 N–H and O–H groups in total. The van der Waals surface area contributed by atoms with Crippen molar-refractivity contribution in [2.75, 3.05) is 56.6 Å². The standard InChI is InChI=1S/C19H22F2N4O4/c1-4-29-19(28)13-10-25(23(3)11-26)16-12(18(13)27)9-14(20)17(15(16)21)24-7-5-22(2)6-8-24/h9-11H,4-8H2,1-3H3/i5D2,6D2,7D2,8D2. The fraction of sp³-hybridized carbons (Fsp3) is 0.421. The maximum Gasteiger partial charge on any atom is 0.343 e. The summed E-state index contributed by atoms with van der Waals surface area (Å²) in [4.78, 5) is 36.5. The highest BCUT2D eigenvalue weighted by atomic mass is 19.1. The molecule has 156 valence electrons. The first kappa shape index (κ1) is 12.5. The number of piperazine rings is 1. The zero-order valence-corrected chi connectivity index (χ0v) is 15.6. The number of hydrogen-bond acceptors (Lipinski definition) is 6. The Morgan fingerprint density at radius 2 is 2.00 bits per heavy atom. The van der Waals surface area contributed by atoms with Gasteiger partial charge >= 0.3 is 5.97 Å². The predicted octanol–water partition coefficient (Wildman–Crippen LogP) is 0.932. The number of rotatable bonds is 5. The SMILES string of the molecule is [2H]C1([2H])N(C)C([2H])([2H])C([2H])([2H])N(c2c(F)cc3c(=O)c(C(=O)OCC)cn(N(C)C=O)c3c2F)C1([2H])[2H]. The number of fused-ring (bicyclic) bond motifs is 1. The zero-order chi connectivity index (χ0) is 28.5. The van der Waals surface area contributed by atoms with Crippen molar-refractivity contribution < 1.29 is 34.1 Å². The van der Waals surface area contributed by atoms with Crippen LogP contribution in [0.25, 0.3) is 10.9 Å². The van der Waals surface area contributed by atoms with E-state index in [2.05, 4.69) is 0 Å². The van der Waals surface area contributed by atoms with Crippen LogP contribution in [0.15, 0.2) is 17.1 Å². The number of esters is 1. The number of pyridine rings is 1. The summed E-state index contributed by atoms with van der Waals surface area (Å²) in [6.07, 6.45) is 0.848. The molecule has 3 rings (SSSR count). The fourth-order valence-corrected chi connectivity index (χ4v) is 2.66. The topological polar surface area (TPSA) is 75.1 Å². The summed E-state index contributed by atoms with van der Waals surface area (Å²) in [6, 6.07) is 0.365. The van der Waals surface area contributed by atoms with E-state index in [0.717, 1.165) is 14.1 Å². The molecule has 1 aromatic carbocycles. The Hall–Kier alpha value is -3.01. The molecule has 10 heteroatoms. The second kappa shape index (κ2) is 8.16. The van der Waals surface area contributed by atoms with E-state index in [-0.39, 0.29) is 22.8 Å². The fourth-order valence-electron chi connectivity index (χ4n) is 2.66. The number of carbonyl (C=O) groups is 2. The van der Waals surface area contributed by atoms with E-state index in [0.29, 0.717) is 21.9 Å². The van der Waals surface area contributed by atoms with Crippen molar-refractivity contribution in [3.05, 3.63) is 39.7 Å². The van der Waals surface area contributed by atoms with Crippen LogP contribution in [0.5, 0.6) is 0 Å². The van der Waals surface area contributed by atoms with E-state index < -0.39 is 71.2 Å². The molecular weight excluding hydrogens is 386 g/mol. The van der Waals surface area contributed by atoms with Gasteiger partial charge in [-0.2, -0.15) is 0 Å².